The number of rotatable bonds is 6. The number of nitrogens with one attached hydrogen (secondary N) is 1. The standard InChI is InChI=1S/C8H16FNO2/c1-6(2)5-7(8(11)12)10-4-3-9/h6-7,10H,3-5H2,1-2H3,(H,11,12). The van der Waals surface area contributed by atoms with Gasteiger partial charge in [-0.2, -0.15) is 0 Å². The van der Waals surface area contributed by atoms with Gasteiger partial charge in [0, 0.05) is 6.54 Å². The lowest BCUT2D eigenvalue weighted by Crippen LogP contribution is -2.38. The molecule has 0 aliphatic carbocycles. The van der Waals surface area contributed by atoms with Crippen molar-refractivity contribution >= 4 is 5.97 Å². The molecule has 0 aliphatic rings. The summed E-state index contributed by atoms with van der Waals surface area (Å²) in [6.45, 7) is 3.46. The van der Waals surface area contributed by atoms with Crippen LogP contribution in [0, 0.1) is 5.92 Å². The van der Waals surface area contributed by atoms with Crippen LogP contribution < -0.4 is 5.32 Å². The van der Waals surface area contributed by atoms with E-state index in [2.05, 4.69) is 5.32 Å². The first-order valence-corrected chi connectivity index (χ1v) is 4.10. The van der Waals surface area contributed by atoms with Crippen molar-refractivity contribution in [3.05, 3.63) is 0 Å². The predicted octanol–water partition coefficient (Wildman–Crippen LogP) is 1.04. The van der Waals surface area contributed by atoms with Gasteiger partial charge in [0.25, 0.3) is 0 Å². The Balaban J connectivity index is 3.78. The zero-order valence-electron chi connectivity index (χ0n) is 7.51. The minimum Gasteiger partial charge on any atom is -0.480 e. The highest BCUT2D eigenvalue weighted by atomic mass is 19.1. The second-order valence-electron chi connectivity index (χ2n) is 3.16. The maximum Gasteiger partial charge on any atom is 0.320 e. The normalized spacial score (nSPS) is 13.3. The molecule has 3 nitrogen and oxygen atoms in total. The van der Waals surface area contributed by atoms with Gasteiger partial charge in [-0.25, -0.2) is 4.39 Å². The fourth-order valence-corrected chi connectivity index (χ4v) is 0.972. The SMILES string of the molecule is CC(C)CC(NCCF)C(=O)O. The van der Waals surface area contributed by atoms with Crippen molar-refractivity contribution in [1.29, 1.82) is 0 Å². The first-order chi connectivity index (χ1) is 5.57. The summed E-state index contributed by atoms with van der Waals surface area (Å²) in [4.78, 5) is 10.6. The Morgan fingerprint density at radius 2 is 2.17 bits per heavy atom. The van der Waals surface area contributed by atoms with E-state index in [9.17, 15) is 9.18 Å². The van der Waals surface area contributed by atoms with Gasteiger partial charge in [0.15, 0.2) is 0 Å². The Hall–Kier alpha value is -0.640. The molecule has 0 spiro atoms. The summed E-state index contributed by atoms with van der Waals surface area (Å²) in [7, 11) is 0. The molecule has 72 valence electrons. The predicted molar refractivity (Wildman–Crippen MR) is 44.9 cm³/mol. The van der Waals surface area contributed by atoms with Gasteiger partial charge in [0.05, 0.1) is 0 Å². The molecule has 0 bridgehead atoms. The largest absolute Gasteiger partial charge is 0.480 e. The van der Waals surface area contributed by atoms with Gasteiger partial charge >= 0.3 is 5.97 Å². The second-order valence-corrected chi connectivity index (χ2v) is 3.16. The molecule has 0 radical (unpaired) electrons. The van der Waals surface area contributed by atoms with E-state index >= 15 is 0 Å². The summed E-state index contributed by atoms with van der Waals surface area (Å²) < 4.78 is 11.7. The number of hydrogen-bond acceptors (Lipinski definition) is 2. The van der Waals surface area contributed by atoms with Crippen LogP contribution in [0.15, 0.2) is 0 Å². The van der Waals surface area contributed by atoms with Crippen LogP contribution in [0.5, 0.6) is 0 Å². The smallest absolute Gasteiger partial charge is 0.320 e. The molecular weight excluding hydrogens is 161 g/mol. The number of aliphatic carboxylic acids is 1. The minimum absolute atomic E-state index is 0.115. The molecule has 0 saturated heterocycles. The Morgan fingerprint density at radius 1 is 1.58 bits per heavy atom. The maximum atomic E-state index is 11.7. The summed E-state index contributed by atoms with van der Waals surface area (Å²) >= 11 is 0. The van der Waals surface area contributed by atoms with Crippen molar-refractivity contribution in [3.63, 3.8) is 0 Å². The highest BCUT2D eigenvalue weighted by Gasteiger charge is 2.17. The molecule has 1 atom stereocenters. The van der Waals surface area contributed by atoms with Gasteiger partial charge in [-0.15, -0.1) is 0 Å². The molecule has 0 saturated carbocycles. The average molecular weight is 177 g/mol. The molecule has 2 N–H and O–H groups in total. The molecule has 0 fully saturated rings. The fourth-order valence-electron chi connectivity index (χ4n) is 0.972. The van der Waals surface area contributed by atoms with Crippen LogP contribution in [0.25, 0.3) is 0 Å². The third-order valence-corrected chi connectivity index (χ3v) is 1.49. The van der Waals surface area contributed by atoms with Crippen LogP contribution in [0.1, 0.15) is 20.3 Å². The zero-order valence-corrected chi connectivity index (χ0v) is 7.51. The molecule has 0 aromatic rings. The van der Waals surface area contributed by atoms with Gasteiger partial charge in [-0.1, -0.05) is 13.8 Å². The summed E-state index contributed by atoms with van der Waals surface area (Å²) in [6.07, 6.45) is 0.537. The highest BCUT2D eigenvalue weighted by molar-refractivity contribution is 5.73. The van der Waals surface area contributed by atoms with E-state index in [1.54, 1.807) is 0 Å². The first kappa shape index (κ1) is 11.4. The van der Waals surface area contributed by atoms with Crippen LogP contribution in [0.2, 0.25) is 0 Å². The van der Waals surface area contributed by atoms with E-state index in [1.807, 2.05) is 13.8 Å². The Labute approximate surface area is 72.0 Å². The second kappa shape index (κ2) is 5.94. The lowest BCUT2D eigenvalue weighted by molar-refractivity contribution is -0.139. The number of carboxylic acid groups (broad SMARTS) is 1. The third kappa shape index (κ3) is 5.07. The van der Waals surface area contributed by atoms with Crippen molar-refractivity contribution in [3.8, 4) is 0 Å². The quantitative estimate of drug-likeness (QED) is 0.637. The minimum atomic E-state index is -0.905. The molecular formula is C8H16FNO2. The van der Waals surface area contributed by atoms with Gasteiger partial charge in [-0.05, 0) is 12.3 Å². The highest BCUT2D eigenvalue weighted by Crippen LogP contribution is 2.04. The summed E-state index contributed by atoms with van der Waals surface area (Å²) in [5.74, 6) is -0.602. The number of carboxylic acids is 1. The van der Waals surface area contributed by atoms with Crippen LogP contribution >= 0.6 is 0 Å². The number of carbonyl (C=O) groups is 1. The molecule has 4 heteroatoms. The average Bonchev–Trinajstić information content (AvgIpc) is 1.96. The molecule has 0 amide bonds. The van der Waals surface area contributed by atoms with E-state index in [-0.39, 0.29) is 6.54 Å². The summed E-state index contributed by atoms with van der Waals surface area (Å²) in [5.41, 5.74) is 0. The topological polar surface area (TPSA) is 49.3 Å². The molecule has 0 rings (SSSR count). The van der Waals surface area contributed by atoms with Gasteiger partial charge < -0.3 is 10.4 Å². The molecule has 12 heavy (non-hydrogen) atoms. The number of halogens is 1. The Kier molecular flexibility index (Phi) is 5.62. The molecule has 1 unspecified atom stereocenters. The Morgan fingerprint density at radius 3 is 2.50 bits per heavy atom. The van der Waals surface area contributed by atoms with Crippen LogP contribution in [0.3, 0.4) is 0 Å². The molecule has 0 aromatic heterocycles. The molecule has 0 aliphatic heterocycles. The summed E-state index contributed by atoms with van der Waals surface area (Å²) in [6, 6.07) is -0.610. The number of hydrogen-bond donors (Lipinski definition) is 2. The third-order valence-electron chi connectivity index (χ3n) is 1.49. The van der Waals surface area contributed by atoms with Gasteiger partial charge in [0.1, 0.15) is 12.7 Å². The lowest BCUT2D eigenvalue weighted by Gasteiger charge is -2.14. The maximum absolute atomic E-state index is 11.7. The van der Waals surface area contributed by atoms with Crippen molar-refractivity contribution in [2.75, 3.05) is 13.2 Å². The van der Waals surface area contributed by atoms with E-state index in [1.165, 1.54) is 0 Å². The molecule has 0 heterocycles. The molecule has 0 aromatic carbocycles. The van der Waals surface area contributed by atoms with Crippen molar-refractivity contribution in [2.24, 2.45) is 5.92 Å². The van der Waals surface area contributed by atoms with E-state index in [0.717, 1.165) is 0 Å². The van der Waals surface area contributed by atoms with Gasteiger partial charge in [0.2, 0.25) is 0 Å². The van der Waals surface area contributed by atoms with E-state index in [0.29, 0.717) is 12.3 Å². The lowest BCUT2D eigenvalue weighted by atomic mass is 10.0. The fraction of sp³-hybridized carbons (Fsp3) is 0.875. The van der Waals surface area contributed by atoms with Crippen molar-refractivity contribution in [1.82, 2.24) is 5.32 Å². The van der Waals surface area contributed by atoms with Crippen LogP contribution in [-0.4, -0.2) is 30.3 Å². The van der Waals surface area contributed by atoms with E-state index < -0.39 is 18.7 Å². The van der Waals surface area contributed by atoms with Crippen molar-refractivity contribution < 1.29 is 14.3 Å². The van der Waals surface area contributed by atoms with Crippen LogP contribution in [-0.2, 0) is 4.79 Å². The van der Waals surface area contributed by atoms with Crippen molar-refractivity contribution in [2.45, 2.75) is 26.3 Å². The monoisotopic (exact) mass is 177 g/mol. The first-order valence-electron chi connectivity index (χ1n) is 4.10. The van der Waals surface area contributed by atoms with Crippen LogP contribution in [0.4, 0.5) is 4.39 Å². The van der Waals surface area contributed by atoms with Gasteiger partial charge in [-0.3, -0.25) is 4.79 Å². The zero-order chi connectivity index (χ0) is 9.56. The van der Waals surface area contributed by atoms with E-state index in [4.69, 9.17) is 5.11 Å². The number of alkyl halides is 1. The summed E-state index contributed by atoms with van der Waals surface area (Å²) in [5, 5.41) is 11.3. The Bertz CT molecular complexity index is 139.